The predicted octanol–water partition coefficient (Wildman–Crippen LogP) is 2.08. The predicted molar refractivity (Wildman–Crippen MR) is 119 cm³/mol. The molecule has 1 aliphatic rings. The highest BCUT2D eigenvalue weighted by atomic mass is 32.2. The molecule has 8 nitrogen and oxygen atoms in total. The van der Waals surface area contributed by atoms with Gasteiger partial charge in [0.05, 0.1) is 5.56 Å². The number of rotatable bonds is 8. The number of hydrogen-bond acceptors (Lipinski definition) is 5. The fourth-order valence-corrected chi connectivity index (χ4v) is 5.42. The van der Waals surface area contributed by atoms with Gasteiger partial charge in [-0.2, -0.15) is 0 Å². The molecule has 0 saturated carbocycles. The lowest BCUT2D eigenvalue weighted by atomic mass is 10.1. The first-order chi connectivity index (χ1) is 15.2. The zero-order chi connectivity index (χ0) is 23.5. The van der Waals surface area contributed by atoms with Gasteiger partial charge in [0.25, 0.3) is 15.9 Å². The van der Waals surface area contributed by atoms with Crippen LogP contribution in [0.3, 0.4) is 0 Å². The second-order valence-corrected chi connectivity index (χ2v) is 9.45. The molecule has 2 aromatic rings. The van der Waals surface area contributed by atoms with Crippen LogP contribution in [0.4, 0.5) is 0 Å². The van der Waals surface area contributed by atoms with E-state index < -0.39 is 27.9 Å². The number of benzene rings is 2. The van der Waals surface area contributed by atoms with Crippen molar-refractivity contribution in [3.8, 4) is 0 Å². The van der Waals surface area contributed by atoms with Crippen molar-refractivity contribution in [1.29, 1.82) is 0 Å². The molecule has 0 unspecified atom stereocenters. The fraction of sp³-hybridized carbons (Fsp3) is 0.348. The maximum atomic E-state index is 13.2. The number of hydrogen-bond donors (Lipinski definition) is 1. The van der Waals surface area contributed by atoms with Gasteiger partial charge in [0.1, 0.15) is 10.9 Å². The average molecular weight is 458 g/mol. The molecule has 32 heavy (non-hydrogen) atoms. The van der Waals surface area contributed by atoms with Crippen LogP contribution in [0.1, 0.15) is 41.3 Å². The van der Waals surface area contributed by atoms with Crippen molar-refractivity contribution in [2.24, 2.45) is 0 Å². The Balaban J connectivity index is 1.83. The number of carbonyl (C=O) groups is 3. The molecule has 170 valence electrons. The van der Waals surface area contributed by atoms with Gasteiger partial charge < -0.3 is 10.2 Å². The summed E-state index contributed by atoms with van der Waals surface area (Å²) in [5.74, 6) is -1.34. The van der Waals surface area contributed by atoms with Gasteiger partial charge >= 0.3 is 0 Å². The Morgan fingerprint density at radius 1 is 1.09 bits per heavy atom. The van der Waals surface area contributed by atoms with Crippen LogP contribution >= 0.6 is 0 Å². The van der Waals surface area contributed by atoms with Gasteiger partial charge in [-0.25, -0.2) is 12.7 Å². The lowest BCUT2D eigenvalue weighted by molar-refractivity contribution is -0.141. The van der Waals surface area contributed by atoms with Crippen molar-refractivity contribution >= 4 is 27.7 Å². The fourth-order valence-electron chi connectivity index (χ4n) is 3.85. The van der Waals surface area contributed by atoms with E-state index in [1.165, 1.54) is 24.1 Å². The third kappa shape index (κ3) is 4.38. The SMILES string of the molecule is CC[C@H](C(=O)NC)N(Cc1ccccc1C)C(=O)CCN1C(=O)c2ccccc2S1(=O)=O. The molecule has 1 heterocycles. The van der Waals surface area contributed by atoms with Gasteiger partial charge in [0.15, 0.2) is 0 Å². The van der Waals surface area contributed by atoms with Crippen molar-refractivity contribution in [1.82, 2.24) is 14.5 Å². The zero-order valence-corrected chi connectivity index (χ0v) is 19.2. The molecule has 0 bridgehead atoms. The van der Waals surface area contributed by atoms with E-state index in [0.717, 1.165) is 15.4 Å². The van der Waals surface area contributed by atoms with E-state index >= 15 is 0 Å². The quantitative estimate of drug-likeness (QED) is 0.654. The highest BCUT2D eigenvalue weighted by molar-refractivity contribution is 7.90. The van der Waals surface area contributed by atoms with Crippen LogP contribution in [0.2, 0.25) is 0 Å². The molecule has 3 rings (SSSR count). The molecule has 2 aromatic carbocycles. The van der Waals surface area contributed by atoms with E-state index in [0.29, 0.717) is 6.42 Å². The second kappa shape index (κ2) is 9.52. The number of likely N-dealkylation sites (N-methyl/N-ethyl adjacent to an activating group) is 1. The first-order valence-electron chi connectivity index (χ1n) is 10.4. The highest BCUT2D eigenvalue weighted by Crippen LogP contribution is 2.30. The first-order valence-corrected chi connectivity index (χ1v) is 11.9. The summed E-state index contributed by atoms with van der Waals surface area (Å²) in [5, 5.41) is 2.59. The van der Waals surface area contributed by atoms with E-state index in [1.54, 1.807) is 12.1 Å². The number of amides is 3. The van der Waals surface area contributed by atoms with Gasteiger partial charge in [-0.05, 0) is 36.6 Å². The van der Waals surface area contributed by atoms with E-state index in [4.69, 9.17) is 0 Å². The number of carbonyl (C=O) groups excluding carboxylic acids is 3. The Hall–Kier alpha value is -3.20. The van der Waals surface area contributed by atoms with Crippen LogP contribution in [-0.2, 0) is 26.2 Å². The topological polar surface area (TPSA) is 104 Å². The Labute approximate surface area is 188 Å². The molecule has 0 saturated heterocycles. The van der Waals surface area contributed by atoms with Gasteiger partial charge in [0, 0.05) is 26.6 Å². The third-order valence-corrected chi connectivity index (χ3v) is 7.52. The Morgan fingerprint density at radius 2 is 1.75 bits per heavy atom. The maximum Gasteiger partial charge on any atom is 0.269 e. The zero-order valence-electron chi connectivity index (χ0n) is 18.4. The molecular formula is C23H27N3O5S. The summed E-state index contributed by atoms with van der Waals surface area (Å²) in [4.78, 5) is 39.7. The number of nitrogens with one attached hydrogen (secondary N) is 1. The van der Waals surface area contributed by atoms with Gasteiger partial charge in [-0.3, -0.25) is 14.4 Å². The minimum absolute atomic E-state index is 0.0500. The van der Waals surface area contributed by atoms with Gasteiger partial charge in [-0.15, -0.1) is 0 Å². The van der Waals surface area contributed by atoms with Crippen molar-refractivity contribution in [2.45, 2.75) is 44.2 Å². The number of fused-ring (bicyclic) bond motifs is 1. The average Bonchev–Trinajstić information content (AvgIpc) is 2.98. The monoisotopic (exact) mass is 457 g/mol. The van der Waals surface area contributed by atoms with Crippen LogP contribution in [-0.4, -0.2) is 55.0 Å². The van der Waals surface area contributed by atoms with Gasteiger partial charge in [-0.1, -0.05) is 43.3 Å². The van der Waals surface area contributed by atoms with Crippen molar-refractivity contribution in [2.75, 3.05) is 13.6 Å². The minimum Gasteiger partial charge on any atom is -0.357 e. The Bertz CT molecular complexity index is 1150. The molecule has 1 N–H and O–H groups in total. The van der Waals surface area contributed by atoms with E-state index in [2.05, 4.69) is 5.32 Å². The van der Waals surface area contributed by atoms with Crippen LogP contribution in [0, 0.1) is 6.92 Å². The second-order valence-electron chi connectivity index (χ2n) is 7.61. The molecular weight excluding hydrogens is 430 g/mol. The smallest absolute Gasteiger partial charge is 0.269 e. The molecule has 0 aliphatic carbocycles. The van der Waals surface area contributed by atoms with Gasteiger partial charge in [0.2, 0.25) is 11.8 Å². The Morgan fingerprint density at radius 3 is 2.38 bits per heavy atom. The van der Waals surface area contributed by atoms with Crippen LogP contribution in [0.15, 0.2) is 53.4 Å². The molecule has 1 aliphatic heterocycles. The van der Waals surface area contributed by atoms with Crippen LogP contribution in [0.5, 0.6) is 0 Å². The lowest BCUT2D eigenvalue weighted by Crippen LogP contribution is -2.49. The summed E-state index contributed by atoms with van der Waals surface area (Å²) in [6.45, 7) is 3.65. The first kappa shape index (κ1) is 23.5. The summed E-state index contributed by atoms with van der Waals surface area (Å²) in [6, 6.07) is 12.8. The molecule has 0 fully saturated rings. The molecule has 9 heteroatoms. The minimum atomic E-state index is -4.00. The highest BCUT2D eigenvalue weighted by Gasteiger charge is 2.41. The largest absolute Gasteiger partial charge is 0.357 e. The summed E-state index contributed by atoms with van der Waals surface area (Å²) >= 11 is 0. The summed E-state index contributed by atoms with van der Waals surface area (Å²) in [7, 11) is -2.49. The lowest BCUT2D eigenvalue weighted by Gasteiger charge is -2.31. The van der Waals surface area contributed by atoms with E-state index in [9.17, 15) is 22.8 Å². The molecule has 0 radical (unpaired) electrons. The molecule has 0 spiro atoms. The molecule has 0 aromatic heterocycles. The van der Waals surface area contributed by atoms with Crippen molar-refractivity contribution < 1.29 is 22.8 Å². The summed E-state index contributed by atoms with van der Waals surface area (Å²) in [6.07, 6.45) is 0.169. The van der Waals surface area contributed by atoms with E-state index in [1.807, 2.05) is 38.1 Å². The normalized spacial score (nSPS) is 15.2. The maximum absolute atomic E-state index is 13.2. The van der Waals surface area contributed by atoms with E-state index in [-0.39, 0.29) is 35.9 Å². The standard InChI is InChI=1S/C23H27N3O5S/c1-4-19(22(28)24-3)25(15-17-10-6-5-9-16(17)2)21(27)13-14-26-23(29)18-11-7-8-12-20(18)32(26,30)31/h5-12,19H,4,13-15H2,1-3H3,(H,24,28)/t19-/m1/s1. The van der Waals surface area contributed by atoms with Crippen molar-refractivity contribution in [3.05, 3.63) is 65.2 Å². The summed E-state index contributed by atoms with van der Waals surface area (Å²) < 4.78 is 26.3. The third-order valence-electron chi connectivity index (χ3n) is 5.68. The molecule has 1 atom stereocenters. The van der Waals surface area contributed by atoms with Crippen molar-refractivity contribution in [3.63, 3.8) is 0 Å². The number of aryl methyl sites for hydroxylation is 1. The summed E-state index contributed by atoms with van der Waals surface area (Å²) in [5.41, 5.74) is 1.97. The number of sulfonamides is 1. The number of nitrogens with zero attached hydrogens (tertiary/aromatic N) is 2. The van der Waals surface area contributed by atoms with Crippen LogP contribution in [0.25, 0.3) is 0 Å². The van der Waals surface area contributed by atoms with Crippen LogP contribution < -0.4 is 5.32 Å². The Kier molecular flexibility index (Phi) is 6.98. The molecule has 3 amide bonds.